The Morgan fingerprint density at radius 3 is 2.70 bits per heavy atom. The van der Waals surface area contributed by atoms with Gasteiger partial charge in [0, 0.05) is 11.8 Å². The van der Waals surface area contributed by atoms with Crippen LogP contribution in [0.25, 0.3) is 27.9 Å². The van der Waals surface area contributed by atoms with Crippen LogP contribution in [0.5, 0.6) is 11.5 Å². The van der Waals surface area contributed by atoms with Gasteiger partial charge in [-0.05, 0) is 31.2 Å². The van der Waals surface area contributed by atoms with E-state index >= 15 is 0 Å². The van der Waals surface area contributed by atoms with Crippen molar-refractivity contribution in [2.45, 2.75) is 6.92 Å². The fourth-order valence-electron chi connectivity index (χ4n) is 2.93. The number of nitrogens with one attached hydrogen (secondary N) is 1. The molecule has 0 saturated carbocycles. The SMILES string of the molecule is COc1ccc(-c2ncn3c2c(C)nc2[nH]ccc23)cc1OC. The molecule has 0 aliphatic heterocycles. The first-order chi connectivity index (χ1) is 11.2. The predicted octanol–water partition coefficient (Wildman–Crippen LogP) is 3.20. The summed E-state index contributed by atoms with van der Waals surface area (Å²) in [7, 11) is 3.25. The summed E-state index contributed by atoms with van der Waals surface area (Å²) in [6.45, 7) is 1.99. The highest BCUT2D eigenvalue weighted by Gasteiger charge is 2.15. The summed E-state index contributed by atoms with van der Waals surface area (Å²) in [5.74, 6) is 1.38. The average molecular weight is 308 g/mol. The van der Waals surface area contributed by atoms with E-state index < -0.39 is 0 Å². The molecule has 3 heterocycles. The van der Waals surface area contributed by atoms with Gasteiger partial charge >= 0.3 is 0 Å². The summed E-state index contributed by atoms with van der Waals surface area (Å²) in [6, 6.07) is 7.79. The molecule has 23 heavy (non-hydrogen) atoms. The molecule has 0 radical (unpaired) electrons. The molecule has 0 fully saturated rings. The molecule has 1 N–H and O–H groups in total. The maximum atomic E-state index is 5.39. The van der Waals surface area contributed by atoms with Gasteiger partial charge in [-0.3, -0.25) is 4.40 Å². The van der Waals surface area contributed by atoms with Crippen molar-refractivity contribution in [2.24, 2.45) is 0 Å². The van der Waals surface area contributed by atoms with E-state index in [1.807, 2.05) is 43.7 Å². The Morgan fingerprint density at radius 2 is 1.91 bits per heavy atom. The average Bonchev–Trinajstić information content (AvgIpc) is 3.20. The van der Waals surface area contributed by atoms with Crippen molar-refractivity contribution in [1.82, 2.24) is 19.4 Å². The van der Waals surface area contributed by atoms with Crippen molar-refractivity contribution >= 4 is 16.7 Å². The maximum absolute atomic E-state index is 5.39. The van der Waals surface area contributed by atoms with Crippen LogP contribution in [0.4, 0.5) is 0 Å². The molecule has 3 aromatic heterocycles. The third kappa shape index (κ3) is 1.95. The molecular formula is C17H16N4O2. The number of nitrogens with zero attached hydrogens (tertiary/aromatic N) is 3. The number of methoxy groups -OCH3 is 2. The van der Waals surface area contributed by atoms with Crippen molar-refractivity contribution in [3.05, 3.63) is 42.5 Å². The molecule has 0 spiro atoms. The van der Waals surface area contributed by atoms with Gasteiger partial charge in [0.2, 0.25) is 0 Å². The lowest BCUT2D eigenvalue weighted by molar-refractivity contribution is 0.355. The topological polar surface area (TPSA) is 64.4 Å². The Hall–Kier alpha value is -3.02. The highest BCUT2D eigenvalue weighted by atomic mass is 16.5. The summed E-state index contributed by atoms with van der Waals surface area (Å²) < 4.78 is 12.8. The molecule has 4 aromatic rings. The quantitative estimate of drug-likeness (QED) is 0.631. The van der Waals surface area contributed by atoms with Crippen LogP contribution in [0.3, 0.4) is 0 Å². The zero-order chi connectivity index (χ0) is 16.0. The number of ether oxygens (including phenoxy) is 2. The number of imidazole rings is 1. The van der Waals surface area contributed by atoms with E-state index in [2.05, 4.69) is 19.4 Å². The highest BCUT2D eigenvalue weighted by Crippen LogP contribution is 2.34. The third-order valence-corrected chi connectivity index (χ3v) is 4.01. The van der Waals surface area contributed by atoms with Crippen molar-refractivity contribution in [2.75, 3.05) is 14.2 Å². The van der Waals surface area contributed by atoms with E-state index in [9.17, 15) is 0 Å². The van der Waals surface area contributed by atoms with Gasteiger partial charge in [-0.25, -0.2) is 9.97 Å². The van der Waals surface area contributed by atoms with E-state index in [-0.39, 0.29) is 0 Å². The van der Waals surface area contributed by atoms with E-state index in [1.165, 1.54) is 0 Å². The van der Waals surface area contributed by atoms with Crippen molar-refractivity contribution < 1.29 is 9.47 Å². The minimum Gasteiger partial charge on any atom is -0.493 e. The lowest BCUT2D eigenvalue weighted by atomic mass is 10.1. The smallest absolute Gasteiger partial charge is 0.161 e. The number of fused-ring (bicyclic) bond motifs is 3. The summed E-state index contributed by atoms with van der Waals surface area (Å²) in [6.07, 6.45) is 3.71. The number of aromatic nitrogens is 4. The van der Waals surface area contributed by atoms with Gasteiger partial charge in [0.15, 0.2) is 17.1 Å². The first kappa shape index (κ1) is 13.6. The molecule has 6 nitrogen and oxygen atoms in total. The van der Waals surface area contributed by atoms with Gasteiger partial charge in [-0.15, -0.1) is 0 Å². The Bertz CT molecular complexity index is 1020. The summed E-state index contributed by atoms with van der Waals surface area (Å²) in [5.41, 5.74) is 5.60. The summed E-state index contributed by atoms with van der Waals surface area (Å²) in [4.78, 5) is 12.4. The number of benzene rings is 1. The first-order valence-electron chi connectivity index (χ1n) is 7.26. The molecule has 116 valence electrons. The number of rotatable bonds is 3. The number of aryl methyl sites for hydroxylation is 1. The molecule has 0 atom stereocenters. The second-order valence-corrected chi connectivity index (χ2v) is 5.29. The number of H-pyrrole nitrogens is 1. The van der Waals surface area contributed by atoms with Crippen LogP contribution in [0.1, 0.15) is 5.69 Å². The van der Waals surface area contributed by atoms with E-state index in [0.717, 1.165) is 33.6 Å². The van der Waals surface area contributed by atoms with Crippen molar-refractivity contribution in [1.29, 1.82) is 0 Å². The molecular weight excluding hydrogens is 292 g/mol. The highest BCUT2D eigenvalue weighted by molar-refractivity contribution is 5.86. The van der Waals surface area contributed by atoms with Crippen LogP contribution in [0.15, 0.2) is 36.8 Å². The molecule has 0 amide bonds. The van der Waals surface area contributed by atoms with E-state index in [1.54, 1.807) is 14.2 Å². The number of hydrogen-bond acceptors (Lipinski definition) is 4. The fraction of sp³-hybridized carbons (Fsp3) is 0.176. The Morgan fingerprint density at radius 1 is 1.09 bits per heavy atom. The van der Waals surface area contributed by atoms with E-state index in [0.29, 0.717) is 11.5 Å². The molecule has 0 aliphatic carbocycles. The molecule has 0 unspecified atom stereocenters. The summed E-state index contributed by atoms with van der Waals surface area (Å²) in [5, 5.41) is 0. The molecule has 0 saturated heterocycles. The maximum Gasteiger partial charge on any atom is 0.161 e. The van der Waals surface area contributed by atoms with Gasteiger partial charge < -0.3 is 14.5 Å². The Kier molecular flexibility index (Phi) is 2.97. The van der Waals surface area contributed by atoms with Crippen LogP contribution in [0.2, 0.25) is 0 Å². The number of hydrogen-bond donors (Lipinski definition) is 1. The van der Waals surface area contributed by atoms with Crippen LogP contribution in [-0.2, 0) is 0 Å². The number of aromatic amines is 1. The normalized spacial score (nSPS) is 11.3. The Labute approximate surface area is 132 Å². The van der Waals surface area contributed by atoms with Crippen molar-refractivity contribution in [3.8, 4) is 22.8 Å². The fourth-order valence-corrected chi connectivity index (χ4v) is 2.93. The van der Waals surface area contributed by atoms with Crippen LogP contribution >= 0.6 is 0 Å². The second kappa shape index (κ2) is 5.01. The van der Waals surface area contributed by atoms with Gasteiger partial charge in [-0.1, -0.05) is 0 Å². The molecule has 0 bridgehead atoms. The predicted molar refractivity (Wildman–Crippen MR) is 88.1 cm³/mol. The van der Waals surface area contributed by atoms with Gasteiger partial charge in [-0.2, -0.15) is 0 Å². The minimum atomic E-state index is 0.680. The molecule has 0 aliphatic rings. The standard InChI is InChI=1S/C17H16N4O2/c1-10-16-15(11-4-5-13(22-2)14(8-11)23-3)19-9-21(16)12-6-7-18-17(12)20-10/h4-9,18H,1-3H3. The van der Waals surface area contributed by atoms with Gasteiger partial charge in [0.05, 0.1) is 36.6 Å². The monoisotopic (exact) mass is 308 g/mol. The van der Waals surface area contributed by atoms with Gasteiger partial charge in [0.1, 0.15) is 6.33 Å². The van der Waals surface area contributed by atoms with Crippen LogP contribution in [-0.4, -0.2) is 33.6 Å². The Balaban J connectivity index is 1.99. The zero-order valence-electron chi connectivity index (χ0n) is 13.1. The molecule has 1 aromatic carbocycles. The van der Waals surface area contributed by atoms with Crippen LogP contribution in [0, 0.1) is 6.92 Å². The largest absolute Gasteiger partial charge is 0.493 e. The van der Waals surface area contributed by atoms with Gasteiger partial charge in [0.25, 0.3) is 0 Å². The second-order valence-electron chi connectivity index (χ2n) is 5.29. The lowest BCUT2D eigenvalue weighted by Crippen LogP contribution is -1.94. The van der Waals surface area contributed by atoms with Crippen LogP contribution < -0.4 is 9.47 Å². The first-order valence-corrected chi connectivity index (χ1v) is 7.26. The van der Waals surface area contributed by atoms with Crippen molar-refractivity contribution in [3.63, 3.8) is 0 Å². The molecule has 4 rings (SSSR count). The van der Waals surface area contributed by atoms with E-state index in [4.69, 9.17) is 9.47 Å². The molecule has 6 heteroatoms. The minimum absolute atomic E-state index is 0.680. The lowest BCUT2D eigenvalue weighted by Gasteiger charge is -2.09. The zero-order valence-corrected chi connectivity index (χ0v) is 13.1. The third-order valence-electron chi connectivity index (χ3n) is 4.01. The summed E-state index contributed by atoms with van der Waals surface area (Å²) >= 11 is 0.